The van der Waals surface area contributed by atoms with Crippen LogP contribution in [0.2, 0.25) is 5.02 Å². The first kappa shape index (κ1) is 16.3. The van der Waals surface area contributed by atoms with E-state index in [9.17, 15) is 4.79 Å². The second-order valence-corrected chi connectivity index (χ2v) is 6.06. The number of carbonyl (C=O) groups is 1. The molecule has 1 aromatic heterocycles. The van der Waals surface area contributed by atoms with Crippen molar-refractivity contribution in [1.82, 2.24) is 15.8 Å². The molecule has 0 aliphatic heterocycles. The van der Waals surface area contributed by atoms with Gasteiger partial charge < -0.3 is 10.3 Å². The van der Waals surface area contributed by atoms with Gasteiger partial charge in [0.25, 0.3) is 5.91 Å². The summed E-state index contributed by atoms with van der Waals surface area (Å²) in [5, 5.41) is 4.89. The molecule has 122 valence electrons. The van der Waals surface area contributed by atoms with Crippen molar-refractivity contribution in [2.75, 3.05) is 5.32 Å². The van der Waals surface area contributed by atoms with E-state index in [1.165, 1.54) is 0 Å². The van der Waals surface area contributed by atoms with Crippen LogP contribution in [-0.4, -0.2) is 16.0 Å². The van der Waals surface area contributed by atoms with E-state index in [1.54, 1.807) is 24.3 Å². The highest BCUT2D eigenvalue weighted by Gasteiger charge is 2.14. The minimum atomic E-state index is -0.288. The number of amides is 1. The average Bonchev–Trinajstić information content (AvgIpc) is 2.92. The number of rotatable bonds is 2. The summed E-state index contributed by atoms with van der Waals surface area (Å²) in [4.78, 5) is 15.4. The molecule has 0 bridgehead atoms. The molecule has 0 spiro atoms. The molecule has 5 nitrogen and oxygen atoms in total. The Kier molecular flexibility index (Phi) is 4.69. The molecule has 0 aliphatic carbocycles. The molecule has 1 amide bonds. The van der Waals surface area contributed by atoms with Crippen LogP contribution in [0.3, 0.4) is 0 Å². The summed E-state index contributed by atoms with van der Waals surface area (Å²) in [7, 11) is 0. The Balaban J connectivity index is 1.63. The fraction of sp³-hybridized carbons (Fsp3) is 0.0588. The predicted molar refractivity (Wildman–Crippen MR) is 101 cm³/mol. The number of hydrazine groups is 1. The molecule has 0 saturated heterocycles. The zero-order valence-electron chi connectivity index (χ0n) is 12.8. The topological polar surface area (TPSA) is 69.0 Å². The van der Waals surface area contributed by atoms with Crippen LogP contribution in [0.4, 0.5) is 5.69 Å². The number of nitrogens with one attached hydrogen (secondary N) is 4. The van der Waals surface area contributed by atoms with Crippen LogP contribution in [-0.2, 0) is 0 Å². The zero-order valence-corrected chi connectivity index (χ0v) is 14.4. The van der Waals surface area contributed by atoms with Crippen molar-refractivity contribution in [3.63, 3.8) is 0 Å². The summed E-state index contributed by atoms with van der Waals surface area (Å²) in [5.41, 5.74) is 8.34. The van der Waals surface area contributed by atoms with Gasteiger partial charge in [0.2, 0.25) is 0 Å². The van der Waals surface area contributed by atoms with Crippen molar-refractivity contribution in [3.8, 4) is 0 Å². The highest BCUT2D eigenvalue weighted by Crippen LogP contribution is 2.20. The number of para-hydroxylation sites is 1. The first-order valence-corrected chi connectivity index (χ1v) is 8.03. The predicted octanol–water partition coefficient (Wildman–Crippen LogP) is 3.76. The Labute approximate surface area is 149 Å². The highest BCUT2D eigenvalue weighted by atomic mass is 35.5. The van der Waals surface area contributed by atoms with Gasteiger partial charge in [-0.25, -0.2) is 0 Å². The van der Waals surface area contributed by atoms with Crippen molar-refractivity contribution < 1.29 is 4.79 Å². The Bertz CT molecular complexity index is 905. The summed E-state index contributed by atoms with van der Waals surface area (Å²) in [5.74, 6) is -0.288. The van der Waals surface area contributed by atoms with Gasteiger partial charge in [0, 0.05) is 21.6 Å². The number of hydrogen-bond acceptors (Lipinski definition) is 2. The van der Waals surface area contributed by atoms with E-state index in [2.05, 4.69) is 21.2 Å². The molecule has 7 heteroatoms. The summed E-state index contributed by atoms with van der Waals surface area (Å²) in [6.45, 7) is 1.90. The third-order valence-corrected chi connectivity index (χ3v) is 4.04. The molecule has 3 aromatic rings. The van der Waals surface area contributed by atoms with Gasteiger partial charge in [-0.05, 0) is 55.0 Å². The zero-order chi connectivity index (χ0) is 17.1. The number of aromatic amines is 1. The van der Waals surface area contributed by atoms with E-state index in [1.807, 2.05) is 31.2 Å². The van der Waals surface area contributed by atoms with Gasteiger partial charge in [0.15, 0.2) is 5.11 Å². The van der Waals surface area contributed by atoms with Gasteiger partial charge in [0.05, 0.1) is 0 Å². The van der Waals surface area contributed by atoms with Crippen LogP contribution in [0.5, 0.6) is 0 Å². The van der Waals surface area contributed by atoms with Gasteiger partial charge >= 0.3 is 0 Å². The van der Waals surface area contributed by atoms with E-state index in [0.717, 1.165) is 22.2 Å². The first-order chi connectivity index (χ1) is 11.5. The molecule has 1 heterocycles. The Hall–Kier alpha value is -2.57. The maximum atomic E-state index is 12.3. The van der Waals surface area contributed by atoms with E-state index in [4.69, 9.17) is 23.8 Å². The number of benzene rings is 2. The fourth-order valence-corrected chi connectivity index (χ4v) is 2.68. The second kappa shape index (κ2) is 6.90. The monoisotopic (exact) mass is 358 g/mol. The highest BCUT2D eigenvalue weighted by molar-refractivity contribution is 7.80. The molecule has 0 aliphatic rings. The first-order valence-electron chi connectivity index (χ1n) is 7.25. The van der Waals surface area contributed by atoms with Gasteiger partial charge in [-0.15, -0.1) is 0 Å². The largest absolute Gasteiger partial charge is 0.350 e. The van der Waals surface area contributed by atoms with E-state index in [-0.39, 0.29) is 11.0 Å². The van der Waals surface area contributed by atoms with Gasteiger partial charge in [-0.1, -0.05) is 29.8 Å². The molecule has 0 unspecified atom stereocenters. The third-order valence-electron chi connectivity index (χ3n) is 3.58. The lowest BCUT2D eigenvalue weighted by atomic mass is 10.1. The molecule has 0 saturated carbocycles. The third kappa shape index (κ3) is 3.50. The number of thiocarbonyl (C=S) groups is 1. The Morgan fingerprint density at radius 3 is 2.50 bits per heavy atom. The summed E-state index contributed by atoms with van der Waals surface area (Å²) < 4.78 is 0. The maximum absolute atomic E-state index is 12.3. The number of hydrogen-bond donors (Lipinski definition) is 4. The molecule has 24 heavy (non-hydrogen) atoms. The summed E-state index contributed by atoms with van der Waals surface area (Å²) in [6.07, 6.45) is 0. The molecule has 4 N–H and O–H groups in total. The Morgan fingerprint density at radius 2 is 1.79 bits per heavy atom. The van der Waals surface area contributed by atoms with Crippen LogP contribution in [0, 0.1) is 6.92 Å². The molecular weight excluding hydrogens is 344 g/mol. The second-order valence-electron chi connectivity index (χ2n) is 5.21. The number of fused-ring (bicyclic) bond motifs is 1. The van der Waals surface area contributed by atoms with Crippen LogP contribution < -0.4 is 16.2 Å². The molecular formula is C17H15ClN4OS. The van der Waals surface area contributed by atoms with Crippen LogP contribution >= 0.6 is 23.8 Å². The molecule has 0 atom stereocenters. The average molecular weight is 359 g/mol. The smallest absolute Gasteiger partial charge is 0.286 e. The normalized spacial score (nSPS) is 10.4. The van der Waals surface area contributed by atoms with Gasteiger partial charge in [-0.3, -0.25) is 15.6 Å². The number of carbonyl (C=O) groups excluding carboxylic acids is 1. The Morgan fingerprint density at radius 1 is 1.08 bits per heavy atom. The van der Waals surface area contributed by atoms with E-state index < -0.39 is 0 Å². The lowest BCUT2D eigenvalue weighted by Gasteiger charge is -2.11. The standard InChI is InChI=1S/C17H15ClN4OS/c1-10-13-4-2-3-5-14(13)20-15(10)16(23)21-22-17(24)19-12-8-6-11(18)7-9-12/h2-9,20H,1H3,(H,21,23)(H2,19,22,24). The van der Waals surface area contributed by atoms with Gasteiger partial charge in [0.1, 0.15) is 5.69 Å². The maximum Gasteiger partial charge on any atom is 0.286 e. The van der Waals surface area contributed by atoms with E-state index in [0.29, 0.717) is 10.7 Å². The van der Waals surface area contributed by atoms with Crippen molar-refractivity contribution in [2.45, 2.75) is 6.92 Å². The van der Waals surface area contributed by atoms with Crippen molar-refractivity contribution in [3.05, 3.63) is 64.8 Å². The van der Waals surface area contributed by atoms with Crippen LogP contribution in [0.15, 0.2) is 48.5 Å². The van der Waals surface area contributed by atoms with Crippen molar-refractivity contribution >= 4 is 51.4 Å². The quantitative estimate of drug-likeness (QED) is 0.416. The molecule has 0 radical (unpaired) electrons. The van der Waals surface area contributed by atoms with E-state index >= 15 is 0 Å². The lowest BCUT2D eigenvalue weighted by molar-refractivity contribution is 0.0939. The number of H-pyrrole nitrogens is 1. The van der Waals surface area contributed by atoms with Crippen LogP contribution in [0.1, 0.15) is 16.1 Å². The minimum Gasteiger partial charge on any atom is -0.350 e. The number of aromatic nitrogens is 1. The number of aryl methyl sites for hydroxylation is 1. The lowest BCUT2D eigenvalue weighted by Crippen LogP contribution is -2.44. The van der Waals surface area contributed by atoms with Crippen LogP contribution in [0.25, 0.3) is 10.9 Å². The van der Waals surface area contributed by atoms with Gasteiger partial charge in [-0.2, -0.15) is 0 Å². The minimum absolute atomic E-state index is 0.277. The summed E-state index contributed by atoms with van der Waals surface area (Å²) in [6, 6.07) is 14.8. The molecule has 0 fully saturated rings. The number of anilines is 1. The number of halogens is 1. The van der Waals surface area contributed by atoms with Crippen molar-refractivity contribution in [2.24, 2.45) is 0 Å². The fourth-order valence-electron chi connectivity index (χ4n) is 2.38. The molecule has 3 rings (SSSR count). The molecule has 2 aromatic carbocycles. The SMILES string of the molecule is Cc1c(C(=O)NNC(=S)Nc2ccc(Cl)cc2)[nH]c2ccccc12. The summed E-state index contributed by atoms with van der Waals surface area (Å²) >= 11 is 11.0. The van der Waals surface area contributed by atoms with Crippen molar-refractivity contribution in [1.29, 1.82) is 0 Å².